The van der Waals surface area contributed by atoms with Crippen molar-refractivity contribution < 1.29 is 19.5 Å². The van der Waals surface area contributed by atoms with E-state index < -0.39 is 11.9 Å². The van der Waals surface area contributed by atoms with E-state index in [0.717, 1.165) is 29.5 Å². The third kappa shape index (κ3) is 4.76. The lowest BCUT2D eigenvalue weighted by Crippen LogP contribution is -2.44. The number of carbonyl (C=O) groups is 3. The van der Waals surface area contributed by atoms with Crippen LogP contribution in [-0.4, -0.2) is 68.0 Å². The molecule has 1 aromatic carbocycles. The predicted octanol–water partition coefficient (Wildman–Crippen LogP) is 1.49. The fraction of sp³-hybridized carbons (Fsp3) is 0.385. The Labute approximate surface area is 218 Å². The van der Waals surface area contributed by atoms with Crippen LogP contribution in [0.4, 0.5) is 0 Å². The zero-order chi connectivity index (χ0) is 27.0. The molecule has 1 aliphatic heterocycles. The van der Waals surface area contributed by atoms with E-state index >= 15 is 0 Å². The number of rotatable bonds is 6. The first-order valence-corrected chi connectivity index (χ1v) is 12.6. The number of nitrogens with zero attached hydrogens (tertiary/aromatic N) is 4. The van der Waals surface area contributed by atoms with Gasteiger partial charge in [-0.25, -0.2) is 14.3 Å². The number of likely N-dealkylation sites (tertiary alicyclic amines) is 1. The smallest absolute Gasteiger partial charge is 0.335 e. The maximum Gasteiger partial charge on any atom is 0.335 e. The van der Waals surface area contributed by atoms with Gasteiger partial charge in [-0.05, 0) is 61.3 Å². The van der Waals surface area contributed by atoms with Gasteiger partial charge in [0.25, 0.3) is 11.8 Å². The lowest BCUT2D eigenvalue weighted by Gasteiger charge is -2.32. The van der Waals surface area contributed by atoms with Crippen molar-refractivity contribution in [1.82, 2.24) is 30.1 Å². The summed E-state index contributed by atoms with van der Waals surface area (Å²) >= 11 is 0. The van der Waals surface area contributed by atoms with Gasteiger partial charge in [0, 0.05) is 31.8 Å². The minimum Gasteiger partial charge on any atom is -0.478 e. The third-order valence-corrected chi connectivity index (χ3v) is 7.56. The molecule has 3 aromatic rings. The third-order valence-electron chi connectivity index (χ3n) is 7.56. The van der Waals surface area contributed by atoms with Crippen LogP contribution in [0.25, 0.3) is 5.65 Å². The monoisotopic (exact) mass is 518 g/mol. The van der Waals surface area contributed by atoms with Crippen molar-refractivity contribution in [2.75, 3.05) is 19.6 Å². The Morgan fingerprint density at radius 2 is 1.92 bits per heavy atom. The number of carboxylic acids is 1. The molecule has 12 nitrogen and oxygen atoms in total. The topological polar surface area (TPSA) is 179 Å². The molecular weight excluding hydrogens is 488 g/mol. The molecule has 3 heterocycles. The van der Waals surface area contributed by atoms with Crippen LogP contribution in [0.1, 0.15) is 73.3 Å². The van der Waals surface area contributed by atoms with E-state index in [-0.39, 0.29) is 40.8 Å². The van der Waals surface area contributed by atoms with Gasteiger partial charge in [-0.1, -0.05) is 6.07 Å². The highest BCUT2D eigenvalue weighted by atomic mass is 16.4. The summed E-state index contributed by atoms with van der Waals surface area (Å²) in [6.07, 6.45) is 4.47. The van der Waals surface area contributed by atoms with E-state index in [2.05, 4.69) is 20.7 Å². The fourth-order valence-corrected chi connectivity index (χ4v) is 5.39. The molecule has 1 saturated heterocycles. The maximum atomic E-state index is 13.4. The number of carboxylic acid groups (broad SMARTS) is 1. The van der Waals surface area contributed by atoms with Crippen molar-refractivity contribution in [3.05, 3.63) is 64.1 Å². The second-order valence-corrected chi connectivity index (χ2v) is 9.83. The molecule has 198 valence electrons. The van der Waals surface area contributed by atoms with Gasteiger partial charge in [0.15, 0.2) is 11.6 Å². The van der Waals surface area contributed by atoms with Crippen LogP contribution < -0.4 is 16.4 Å². The lowest BCUT2D eigenvalue weighted by molar-refractivity contribution is 0.0695. The first kappa shape index (κ1) is 25.2. The van der Waals surface area contributed by atoms with Gasteiger partial charge >= 0.3 is 5.97 Å². The van der Waals surface area contributed by atoms with Crippen molar-refractivity contribution in [2.24, 2.45) is 11.7 Å². The number of hydrogen-bond acceptors (Lipinski definition) is 6. The number of carbonyl (C=O) groups excluding carboxylic acids is 2. The lowest BCUT2D eigenvalue weighted by atomic mass is 9.97. The van der Waals surface area contributed by atoms with E-state index in [1.165, 1.54) is 16.8 Å². The molecule has 2 aromatic heterocycles. The first-order valence-electron chi connectivity index (χ1n) is 12.6. The van der Waals surface area contributed by atoms with Crippen molar-refractivity contribution >= 4 is 29.4 Å². The van der Waals surface area contributed by atoms with E-state index in [9.17, 15) is 19.5 Å². The molecular formula is C26H30N8O4. The summed E-state index contributed by atoms with van der Waals surface area (Å²) < 4.78 is 1.40. The van der Waals surface area contributed by atoms with Crippen LogP contribution in [0, 0.1) is 18.3 Å². The van der Waals surface area contributed by atoms with Gasteiger partial charge < -0.3 is 26.4 Å². The molecule has 12 heteroatoms. The Balaban J connectivity index is 1.30. The second-order valence-electron chi connectivity index (χ2n) is 9.83. The van der Waals surface area contributed by atoms with E-state index in [1.807, 2.05) is 4.90 Å². The summed E-state index contributed by atoms with van der Waals surface area (Å²) in [4.78, 5) is 44.1. The van der Waals surface area contributed by atoms with Gasteiger partial charge in [-0.3, -0.25) is 15.0 Å². The Morgan fingerprint density at radius 1 is 1.16 bits per heavy atom. The maximum absolute atomic E-state index is 13.4. The predicted molar refractivity (Wildman–Crippen MR) is 138 cm³/mol. The highest BCUT2D eigenvalue weighted by Crippen LogP contribution is 2.35. The van der Waals surface area contributed by atoms with Crippen LogP contribution in [0.3, 0.4) is 0 Å². The molecule has 0 spiro atoms. The van der Waals surface area contributed by atoms with Crippen LogP contribution in [0.5, 0.6) is 0 Å². The van der Waals surface area contributed by atoms with Gasteiger partial charge in [0.1, 0.15) is 11.4 Å². The summed E-state index contributed by atoms with van der Waals surface area (Å²) in [5.41, 5.74) is 9.08. The van der Waals surface area contributed by atoms with Gasteiger partial charge in [-0.15, -0.1) is 0 Å². The number of piperidine rings is 1. The number of aromatic carboxylic acids is 1. The van der Waals surface area contributed by atoms with Crippen LogP contribution in [-0.2, 0) is 6.42 Å². The summed E-state index contributed by atoms with van der Waals surface area (Å²) in [6.45, 7) is 3.62. The number of nitrogens with one attached hydrogen (secondary N) is 3. The molecule has 1 fully saturated rings. The summed E-state index contributed by atoms with van der Waals surface area (Å²) in [7, 11) is 0. The molecule has 2 aliphatic rings. The Kier molecular flexibility index (Phi) is 6.70. The molecule has 2 amide bonds. The standard InChI is InChI=1S/C26H30N8O4/c1-14-16-4-5-19(18(16)3-2-17(14)25(37)38)32-24(36)21-12-20(31-22-6-9-30-34(21)22)23(35)29-13-15-7-10-33(11-8-15)26(27)28/h2-3,6,9,12,15,19H,4-5,7-8,10-11,13H2,1H3,(H3,27,28)(H,29,35)(H,32,36)(H,37,38)/t19-/m0/s1. The first-order chi connectivity index (χ1) is 18.2. The number of hydrogen-bond donors (Lipinski definition) is 5. The van der Waals surface area contributed by atoms with Crippen LogP contribution in [0.2, 0.25) is 0 Å². The van der Waals surface area contributed by atoms with Gasteiger partial charge in [-0.2, -0.15) is 5.10 Å². The zero-order valence-electron chi connectivity index (χ0n) is 21.0. The normalized spacial score (nSPS) is 17.3. The average molecular weight is 519 g/mol. The van der Waals surface area contributed by atoms with Crippen LogP contribution in [0.15, 0.2) is 30.5 Å². The van der Waals surface area contributed by atoms with E-state index in [1.54, 1.807) is 25.1 Å². The SMILES string of the molecule is Cc1c(C(=O)O)ccc2c1CC[C@@H]2NC(=O)c1cc(C(=O)NCC2CCN(C(=N)N)CC2)nc2ccnn12. The quantitative estimate of drug-likeness (QED) is 0.240. The highest BCUT2D eigenvalue weighted by molar-refractivity contribution is 5.98. The molecule has 1 aliphatic carbocycles. The van der Waals surface area contributed by atoms with Gasteiger partial charge in [0.2, 0.25) is 0 Å². The number of nitrogens with two attached hydrogens (primary N) is 1. The van der Waals surface area contributed by atoms with Crippen LogP contribution >= 0.6 is 0 Å². The Hall–Kier alpha value is -4.48. The molecule has 5 rings (SSSR count). The van der Waals surface area contributed by atoms with Crippen molar-refractivity contribution in [3.63, 3.8) is 0 Å². The van der Waals surface area contributed by atoms with Crippen molar-refractivity contribution in [2.45, 2.75) is 38.6 Å². The van der Waals surface area contributed by atoms with E-state index in [0.29, 0.717) is 38.1 Å². The minimum absolute atomic E-state index is 0.0674. The molecule has 38 heavy (non-hydrogen) atoms. The number of amides is 2. The largest absolute Gasteiger partial charge is 0.478 e. The second kappa shape index (κ2) is 10.1. The number of fused-ring (bicyclic) bond motifs is 2. The van der Waals surface area contributed by atoms with Gasteiger partial charge in [0.05, 0.1) is 17.8 Å². The van der Waals surface area contributed by atoms with Crippen molar-refractivity contribution in [1.29, 1.82) is 5.41 Å². The number of aromatic nitrogens is 3. The summed E-state index contributed by atoms with van der Waals surface area (Å²) in [6, 6.07) is 6.13. The zero-order valence-corrected chi connectivity index (χ0v) is 21.0. The number of benzene rings is 1. The average Bonchev–Trinajstić information content (AvgIpc) is 3.54. The molecule has 0 unspecified atom stereocenters. The molecule has 0 bridgehead atoms. The molecule has 1 atom stereocenters. The Bertz CT molecular complexity index is 1440. The fourth-order valence-electron chi connectivity index (χ4n) is 5.39. The number of guanidine groups is 1. The molecule has 0 radical (unpaired) electrons. The highest BCUT2D eigenvalue weighted by Gasteiger charge is 2.29. The molecule has 6 N–H and O–H groups in total. The Morgan fingerprint density at radius 3 is 2.63 bits per heavy atom. The molecule has 0 saturated carbocycles. The summed E-state index contributed by atoms with van der Waals surface area (Å²) in [5, 5.41) is 27.1. The summed E-state index contributed by atoms with van der Waals surface area (Å²) in [5.74, 6) is -1.41. The van der Waals surface area contributed by atoms with E-state index in [4.69, 9.17) is 11.1 Å². The minimum atomic E-state index is -0.969. The van der Waals surface area contributed by atoms with Crippen molar-refractivity contribution in [3.8, 4) is 0 Å².